The number of aromatic nitrogens is 2. The van der Waals surface area contributed by atoms with Gasteiger partial charge in [-0.2, -0.15) is 4.98 Å². The van der Waals surface area contributed by atoms with Crippen molar-refractivity contribution < 1.29 is 13.7 Å². The second kappa shape index (κ2) is 6.54. The summed E-state index contributed by atoms with van der Waals surface area (Å²) in [5.41, 5.74) is 1.39. The van der Waals surface area contributed by atoms with E-state index in [1.807, 2.05) is 19.0 Å². The second-order valence-electron chi connectivity index (χ2n) is 5.91. The highest BCUT2D eigenvalue weighted by Crippen LogP contribution is 2.27. The summed E-state index contributed by atoms with van der Waals surface area (Å²) in [6, 6.07) is 4.91. The Hall–Kier alpha value is -1.79. The number of hydrogen-bond acceptors (Lipinski definition) is 5. The van der Waals surface area contributed by atoms with Crippen LogP contribution in [0, 0.1) is 5.82 Å². The summed E-state index contributed by atoms with van der Waals surface area (Å²) in [6.45, 7) is 1.95. The molecule has 0 radical (unpaired) electrons. The van der Waals surface area contributed by atoms with Crippen molar-refractivity contribution in [1.29, 1.82) is 0 Å². The average Bonchev–Trinajstić information content (AvgIpc) is 3.00. The van der Waals surface area contributed by atoms with Crippen molar-refractivity contribution in [1.82, 2.24) is 15.0 Å². The summed E-state index contributed by atoms with van der Waals surface area (Å²) >= 11 is 0. The Bertz CT molecular complexity index is 636. The zero-order valence-electron chi connectivity index (χ0n) is 12.9. The number of ether oxygens (including phenoxy) is 1. The molecule has 118 valence electrons. The summed E-state index contributed by atoms with van der Waals surface area (Å²) in [5, 5.41) is 4.03. The molecule has 0 aliphatic carbocycles. The first-order valence-electron chi connectivity index (χ1n) is 7.48. The number of nitrogens with zero attached hydrogens (tertiary/aromatic N) is 3. The summed E-state index contributed by atoms with van der Waals surface area (Å²) < 4.78 is 24.6. The van der Waals surface area contributed by atoms with Crippen LogP contribution < -0.4 is 0 Å². The Morgan fingerprint density at radius 1 is 1.36 bits per heavy atom. The van der Waals surface area contributed by atoms with Crippen LogP contribution in [0.2, 0.25) is 0 Å². The maximum atomic E-state index is 13.8. The van der Waals surface area contributed by atoms with E-state index in [1.165, 1.54) is 6.07 Å². The highest BCUT2D eigenvalue weighted by Gasteiger charge is 2.22. The predicted octanol–water partition coefficient (Wildman–Crippen LogP) is 2.83. The van der Waals surface area contributed by atoms with Gasteiger partial charge in [-0.15, -0.1) is 0 Å². The normalized spacial score (nSPS) is 18.8. The topological polar surface area (TPSA) is 51.4 Å². The molecule has 1 unspecified atom stereocenters. The molecule has 1 aliphatic heterocycles. The number of benzene rings is 1. The molecule has 1 fully saturated rings. The van der Waals surface area contributed by atoms with E-state index in [0.29, 0.717) is 30.4 Å². The van der Waals surface area contributed by atoms with Gasteiger partial charge in [-0.3, -0.25) is 0 Å². The molecule has 0 bridgehead atoms. The SMILES string of the molecule is CN(C)Cc1cc(-c2noc(C3CCCOC3)n2)ccc1F. The molecule has 1 aromatic carbocycles. The number of hydrogen-bond donors (Lipinski definition) is 0. The molecule has 0 spiro atoms. The maximum absolute atomic E-state index is 13.8. The van der Waals surface area contributed by atoms with E-state index in [2.05, 4.69) is 10.1 Å². The fourth-order valence-electron chi connectivity index (χ4n) is 2.63. The van der Waals surface area contributed by atoms with Crippen LogP contribution in [0.4, 0.5) is 4.39 Å². The van der Waals surface area contributed by atoms with Gasteiger partial charge in [0.2, 0.25) is 11.7 Å². The molecule has 3 rings (SSSR count). The van der Waals surface area contributed by atoms with E-state index in [0.717, 1.165) is 25.0 Å². The summed E-state index contributed by atoms with van der Waals surface area (Å²) in [5.74, 6) is 1.05. The molecule has 1 aromatic heterocycles. The number of rotatable bonds is 4. The molecular weight excluding hydrogens is 285 g/mol. The predicted molar refractivity (Wildman–Crippen MR) is 79.9 cm³/mol. The van der Waals surface area contributed by atoms with Gasteiger partial charge in [-0.1, -0.05) is 5.16 Å². The van der Waals surface area contributed by atoms with Crippen molar-refractivity contribution >= 4 is 0 Å². The van der Waals surface area contributed by atoms with E-state index in [9.17, 15) is 4.39 Å². The van der Waals surface area contributed by atoms with Crippen LogP contribution in [-0.2, 0) is 11.3 Å². The zero-order valence-corrected chi connectivity index (χ0v) is 12.9. The molecule has 0 N–H and O–H groups in total. The van der Waals surface area contributed by atoms with Crippen molar-refractivity contribution in [3.8, 4) is 11.4 Å². The lowest BCUT2D eigenvalue weighted by Gasteiger charge is -2.18. The monoisotopic (exact) mass is 305 g/mol. The Morgan fingerprint density at radius 2 is 2.23 bits per heavy atom. The molecule has 0 saturated carbocycles. The van der Waals surface area contributed by atoms with Gasteiger partial charge in [-0.05, 0) is 45.1 Å². The minimum Gasteiger partial charge on any atom is -0.381 e. The van der Waals surface area contributed by atoms with Crippen LogP contribution in [0.3, 0.4) is 0 Å². The lowest BCUT2D eigenvalue weighted by Crippen LogP contribution is -2.15. The summed E-state index contributed by atoms with van der Waals surface area (Å²) in [4.78, 5) is 6.38. The van der Waals surface area contributed by atoms with Crippen LogP contribution in [0.15, 0.2) is 22.7 Å². The Balaban J connectivity index is 1.83. The zero-order chi connectivity index (χ0) is 15.5. The molecule has 2 aromatic rings. The first-order chi connectivity index (χ1) is 10.6. The van der Waals surface area contributed by atoms with Crippen molar-refractivity contribution in [2.24, 2.45) is 0 Å². The van der Waals surface area contributed by atoms with Gasteiger partial charge in [0.15, 0.2) is 0 Å². The van der Waals surface area contributed by atoms with Gasteiger partial charge in [0.05, 0.1) is 12.5 Å². The van der Waals surface area contributed by atoms with E-state index in [-0.39, 0.29) is 11.7 Å². The Morgan fingerprint density at radius 3 is 2.95 bits per heavy atom. The quantitative estimate of drug-likeness (QED) is 0.869. The molecule has 2 heterocycles. The van der Waals surface area contributed by atoms with E-state index in [1.54, 1.807) is 12.1 Å². The molecule has 1 atom stereocenters. The molecule has 0 amide bonds. The fourth-order valence-corrected chi connectivity index (χ4v) is 2.63. The third-order valence-electron chi connectivity index (χ3n) is 3.74. The van der Waals surface area contributed by atoms with Gasteiger partial charge in [0, 0.05) is 24.3 Å². The van der Waals surface area contributed by atoms with Gasteiger partial charge < -0.3 is 14.2 Å². The van der Waals surface area contributed by atoms with Crippen molar-refractivity contribution in [3.63, 3.8) is 0 Å². The highest BCUT2D eigenvalue weighted by atomic mass is 19.1. The van der Waals surface area contributed by atoms with Crippen molar-refractivity contribution in [2.75, 3.05) is 27.3 Å². The molecule has 22 heavy (non-hydrogen) atoms. The minimum atomic E-state index is -0.221. The van der Waals surface area contributed by atoms with E-state index >= 15 is 0 Å². The standard InChI is InChI=1S/C16H20FN3O2/c1-20(2)9-13-8-11(5-6-14(13)17)15-18-16(22-19-15)12-4-3-7-21-10-12/h5-6,8,12H,3-4,7,9-10H2,1-2H3. The second-order valence-corrected chi connectivity index (χ2v) is 5.91. The van der Waals surface area contributed by atoms with Crippen molar-refractivity contribution in [2.45, 2.75) is 25.3 Å². The van der Waals surface area contributed by atoms with Crippen LogP contribution in [0.5, 0.6) is 0 Å². The third kappa shape index (κ3) is 3.34. The lowest BCUT2D eigenvalue weighted by molar-refractivity contribution is 0.0705. The number of halogens is 1. The molecule has 1 aliphatic rings. The summed E-state index contributed by atoms with van der Waals surface area (Å²) in [6.07, 6.45) is 2.00. The van der Waals surface area contributed by atoms with E-state index in [4.69, 9.17) is 9.26 Å². The lowest BCUT2D eigenvalue weighted by atomic mass is 10.0. The van der Waals surface area contributed by atoms with Crippen LogP contribution >= 0.6 is 0 Å². The first-order valence-corrected chi connectivity index (χ1v) is 7.48. The molecular formula is C16H20FN3O2. The van der Waals surface area contributed by atoms with Crippen LogP contribution in [0.1, 0.15) is 30.2 Å². The van der Waals surface area contributed by atoms with Crippen LogP contribution in [0.25, 0.3) is 11.4 Å². The third-order valence-corrected chi connectivity index (χ3v) is 3.74. The van der Waals surface area contributed by atoms with Gasteiger partial charge >= 0.3 is 0 Å². The first kappa shape index (κ1) is 15.1. The molecule has 1 saturated heterocycles. The smallest absolute Gasteiger partial charge is 0.232 e. The maximum Gasteiger partial charge on any atom is 0.232 e. The fraction of sp³-hybridized carbons (Fsp3) is 0.500. The van der Waals surface area contributed by atoms with Gasteiger partial charge in [-0.25, -0.2) is 4.39 Å². The van der Waals surface area contributed by atoms with Gasteiger partial charge in [0.25, 0.3) is 0 Å². The van der Waals surface area contributed by atoms with Crippen molar-refractivity contribution in [3.05, 3.63) is 35.5 Å². The average molecular weight is 305 g/mol. The minimum absolute atomic E-state index is 0.164. The Labute approximate surface area is 129 Å². The summed E-state index contributed by atoms with van der Waals surface area (Å²) in [7, 11) is 3.81. The van der Waals surface area contributed by atoms with Gasteiger partial charge in [0.1, 0.15) is 5.82 Å². The Kier molecular flexibility index (Phi) is 4.49. The van der Waals surface area contributed by atoms with Crippen LogP contribution in [-0.4, -0.2) is 42.3 Å². The molecule has 5 nitrogen and oxygen atoms in total. The molecule has 6 heteroatoms. The van der Waals surface area contributed by atoms with E-state index < -0.39 is 0 Å². The highest BCUT2D eigenvalue weighted by molar-refractivity contribution is 5.55. The largest absolute Gasteiger partial charge is 0.381 e.